The summed E-state index contributed by atoms with van der Waals surface area (Å²) in [5.41, 5.74) is 2.64. The molecule has 7 heteroatoms. The molecule has 4 rings (SSSR count). The van der Waals surface area contributed by atoms with Crippen LogP contribution in [0.1, 0.15) is 53.2 Å². The number of nitrogens with one attached hydrogen (secondary N) is 1. The zero-order chi connectivity index (χ0) is 25.3. The molecule has 1 unspecified atom stereocenters. The first kappa shape index (κ1) is 25.5. The van der Waals surface area contributed by atoms with Crippen LogP contribution >= 0.6 is 0 Å². The molecular weight excluding hydrogens is 470 g/mol. The molecule has 3 aromatic carbocycles. The third kappa shape index (κ3) is 6.15. The van der Waals surface area contributed by atoms with E-state index in [0.29, 0.717) is 17.9 Å². The average Bonchev–Trinajstić information content (AvgIpc) is 2.95. The number of benzene rings is 3. The van der Waals surface area contributed by atoms with Gasteiger partial charge in [0.25, 0.3) is 5.91 Å². The van der Waals surface area contributed by atoms with E-state index in [4.69, 9.17) is 17.2 Å². The van der Waals surface area contributed by atoms with Crippen molar-refractivity contribution in [2.24, 2.45) is 10.3 Å². The number of urea groups is 1. The molecule has 1 atom stereocenters. The van der Waals surface area contributed by atoms with Crippen molar-refractivity contribution in [3.05, 3.63) is 102 Å². The van der Waals surface area contributed by atoms with Crippen molar-refractivity contribution in [1.82, 2.24) is 10.2 Å². The Morgan fingerprint density at radius 2 is 1.56 bits per heavy atom. The van der Waals surface area contributed by atoms with Gasteiger partial charge in [0, 0.05) is 25.0 Å². The summed E-state index contributed by atoms with van der Waals surface area (Å²) in [7, 11) is 1.57. The van der Waals surface area contributed by atoms with Crippen LogP contribution in [0.4, 0.5) is 4.79 Å². The van der Waals surface area contributed by atoms with Crippen LogP contribution < -0.4 is 10.1 Å². The molecule has 3 aromatic rings. The Labute approximate surface area is 217 Å². The number of hydrogen-bond donors (Lipinski definition) is 1. The molecule has 6 nitrogen and oxygen atoms in total. The largest absolute Gasteiger partial charge is 0.496 e. The van der Waals surface area contributed by atoms with Crippen molar-refractivity contribution >= 4 is 24.4 Å². The van der Waals surface area contributed by atoms with Crippen LogP contribution in [0.2, 0.25) is 0 Å². The summed E-state index contributed by atoms with van der Waals surface area (Å²) in [6.45, 7) is 0.488. The highest BCUT2D eigenvalue weighted by Gasteiger charge is 2.34. The molecule has 0 radical (unpaired) electrons. The fraction of sp³-hybridized carbons (Fsp3) is 0.310. The van der Waals surface area contributed by atoms with Gasteiger partial charge in [-0.05, 0) is 54.9 Å². The van der Waals surface area contributed by atoms with Gasteiger partial charge in [-0.15, -0.1) is 4.36 Å². The summed E-state index contributed by atoms with van der Waals surface area (Å²) in [5, 5.41) is 3.28. The summed E-state index contributed by atoms with van der Waals surface area (Å²) in [6, 6.07) is 26.8. The normalized spacial score (nSPS) is 18.0. The highest BCUT2D eigenvalue weighted by molar-refractivity contribution is 7.47. The smallest absolute Gasteiger partial charge is 0.355 e. The van der Waals surface area contributed by atoms with Gasteiger partial charge in [-0.25, -0.2) is 4.79 Å². The van der Waals surface area contributed by atoms with E-state index in [9.17, 15) is 9.59 Å². The molecule has 1 saturated carbocycles. The molecule has 0 bridgehead atoms. The molecule has 1 aliphatic carbocycles. The molecule has 1 fully saturated rings. The van der Waals surface area contributed by atoms with E-state index in [-0.39, 0.29) is 29.9 Å². The number of carbonyl (C=O) groups excluding carboxylic acids is 2. The quantitative estimate of drug-likeness (QED) is 0.406. The Balaban J connectivity index is 1.50. The fourth-order valence-electron chi connectivity index (χ4n) is 5.12. The second kappa shape index (κ2) is 12.4. The number of methoxy groups -OCH3 is 1. The first-order valence-corrected chi connectivity index (χ1v) is 12.6. The fourth-order valence-corrected chi connectivity index (χ4v) is 5.22. The standard InChI is InChI=1S/C29H31N3O3S/c1-35-26-15-9-8-14-25(26)28(33)30-27(22-12-6-3-7-13-22)23-16-18-24(19-17-23)32(29(34)31-36)20-21-10-4-2-5-11-21/h2-15,23-24,27H,16-20H2,1H3,(H,30,33). The lowest BCUT2D eigenvalue weighted by Gasteiger charge is -2.39. The van der Waals surface area contributed by atoms with Crippen LogP contribution in [0.5, 0.6) is 5.75 Å². The van der Waals surface area contributed by atoms with Crippen molar-refractivity contribution in [2.75, 3.05) is 7.11 Å². The molecule has 36 heavy (non-hydrogen) atoms. The van der Waals surface area contributed by atoms with Gasteiger partial charge in [0.2, 0.25) is 0 Å². The van der Waals surface area contributed by atoms with Gasteiger partial charge in [-0.2, -0.15) is 0 Å². The number of para-hydroxylation sites is 1. The van der Waals surface area contributed by atoms with Crippen LogP contribution in [-0.2, 0) is 19.0 Å². The molecule has 0 saturated heterocycles. The van der Waals surface area contributed by atoms with Gasteiger partial charge >= 0.3 is 6.03 Å². The molecule has 1 N–H and O–H groups in total. The molecule has 3 amide bonds. The predicted molar refractivity (Wildman–Crippen MR) is 143 cm³/mol. The number of ether oxygens (including phenoxy) is 1. The second-order valence-electron chi connectivity index (χ2n) is 9.12. The van der Waals surface area contributed by atoms with Gasteiger partial charge in [-0.1, -0.05) is 72.8 Å². The van der Waals surface area contributed by atoms with Crippen molar-refractivity contribution in [3.63, 3.8) is 0 Å². The van der Waals surface area contributed by atoms with Crippen LogP contribution in [0.3, 0.4) is 0 Å². The van der Waals surface area contributed by atoms with Gasteiger partial charge in [0.1, 0.15) is 5.75 Å². The number of rotatable bonds is 8. The Kier molecular flexibility index (Phi) is 8.79. The molecular formula is C29H31N3O3S. The number of nitrogens with zero attached hydrogens (tertiary/aromatic N) is 2. The van der Waals surface area contributed by atoms with Crippen LogP contribution in [0.15, 0.2) is 89.3 Å². The molecule has 0 heterocycles. The zero-order valence-electron chi connectivity index (χ0n) is 20.4. The molecule has 0 aromatic heterocycles. The minimum absolute atomic E-state index is 0.0574. The second-order valence-corrected chi connectivity index (χ2v) is 9.30. The van der Waals surface area contributed by atoms with Gasteiger partial charge in [0.05, 0.1) is 18.7 Å². The van der Waals surface area contributed by atoms with Crippen molar-refractivity contribution in [1.29, 1.82) is 0 Å². The van der Waals surface area contributed by atoms with E-state index < -0.39 is 0 Å². The monoisotopic (exact) mass is 501 g/mol. The Bertz CT molecular complexity index is 1160. The van der Waals surface area contributed by atoms with E-state index in [0.717, 1.165) is 36.8 Å². The van der Waals surface area contributed by atoms with Crippen molar-refractivity contribution in [3.8, 4) is 5.75 Å². The van der Waals surface area contributed by atoms with E-state index in [1.165, 1.54) is 0 Å². The minimum Gasteiger partial charge on any atom is -0.496 e. The first-order valence-electron chi connectivity index (χ1n) is 12.3. The summed E-state index contributed by atoms with van der Waals surface area (Å²) >= 11 is 4.76. The SMILES string of the molecule is COc1ccccc1C(=O)NC(c1ccccc1)C1CCC(N(Cc2ccccc2)C(=O)N=S)CC1. The van der Waals surface area contributed by atoms with E-state index in [1.807, 2.05) is 60.7 Å². The van der Waals surface area contributed by atoms with E-state index in [1.54, 1.807) is 24.1 Å². The number of amides is 3. The summed E-state index contributed by atoms with van der Waals surface area (Å²) in [4.78, 5) is 27.7. The maximum absolute atomic E-state index is 13.3. The van der Waals surface area contributed by atoms with Gasteiger partial charge < -0.3 is 15.0 Å². The summed E-state index contributed by atoms with van der Waals surface area (Å²) in [6.07, 6.45) is 3.38. The van der Waals surface area contributed by atoms with Crippen LogP contribution in [-0.4, -0.2) is 30.0 Å². The number of carbonyl (C=O) groups is 2. The zero-order valence-corrected chi connectivity index (χ0v) is 21.2. The highest BCUT2D eigenvalue weighted by Crippen LogP contribution is 2.37. The lowest BCUT2D eigenvalue weighted by atomic mass is 9.78. The molecule has 0 aliphatic heterocycles. The summed E-state index contributed by atoms with van der Waals surface area (Å²) < 4.78 is 8.96. The number of hydrogen-bond acceptors (Lipinski definition) is 4. The van der Waals surface area contributed by atoms with Gasteiger partial charge in [-0.3, -0.25) is 4.79 Å². The first-order chi connectivity index (χ1) is 17.6. The average molecular weight is 502 g/mol. The summed E-state index contributed by atoms with van der Waals surface area (Å²) in [5.74, 6) is 0.624. The Hall–Kier alpha value is -3.58. The maximum Gasteiger partial charge on any atom is 0.355 e. The van der Waals surface area contributed by atoms with E-state index in [2.05, 4.69) is 21.8 Å². The maximum atomic E-state index is 13.3. The molecule has 186 valence electrons. The topological polar surface area (TPSA) is 71.0 Å². The third-order valence-electron chi connectivity index (χ3n) is 6.97. The van der Waals surface area contributed by atoms with Crippen LogP contribution in [0, 0.1) is 5.92 Å². The van der Waals surface area contributed by atoms with E-state index >= 15 is 0 Å². The lowest BCUT2D eigenvalue weighted by Crippen LogP contribution is -2.42. The lowest BCUT2D eigenvalue weighted by molar-refractivity contribution is 0.0893. The molecule has 1 aliphatic rings. The predicted octanol–water partition coefficient (Wildman–Crippen LogP) is 6.08. The van der Waals surface area contributed by atoms with Gasteiger partial charge in [0.15, 0.2) is 0 Å². The Morgan fingerprint density at radius 1 is 0.944 bits per heavy atom. The van der Waals surface area contributed by atoms with Crippen LogP contribution in [0.25, 0.3) is 0 Å². The van der Waals surface area contributed by atoms with Crippen molar-refractivity contribution < 1.29 is 14.3 Å². The highest BCUT2D eigenvalue weighted by atomic mass is 32.1. The molecule has 0 spiro atoms. The Morgan fingerprint density at radius 3 is 2.19 bits per heavy atom. The third-order valence-corrected chi connectivity index (χ3v) is 7.13. The minimum atomic E-state index is -0.360. The van der Waals surface area contributed by atoms with Crippen molar-refractivity contribution in [2.45, 2.75) is 44.3 Å².